The lowest BCUT2D eigenvalue weighted by Crippen LogP contribution is -2.39. The van der Waals surface area contributed by atoms with E-state index in [0.717, 1.165) is 56.7 Å². The lowest BCUT2D eigenvalue weighted by atomic mass is 9.83. The summed E-state index contributed by atoms with van der Waals surface area (Å²) in [6.45, 7) is 6.31. The number of nitrogens with one attached hydrogen (secondary N) is 3. The topological polar surface area (TPSA) is 90.5 Å². The number of halogens is 2. The molecule has 0 aromatic heterocycles. The van der Waals surface area contributed by atoms with Gasteiger partial charge in [-0.2, -0.15) is 0 Å². The predicted octanol–water partition coefficient (Wildman–Crippen LogP) is 4.19. The Hall–Kier alpha value is -3.59. The zero-order valence-electron chi connectivity index (χ0n) is 21.8. The molecule has 38 heavy (non-hydrogen) atoms. The molecule has 0 radical (unpaired) electrons. The maximum Gasteiger partial charge on any atom is 0.249 e. The molecule has 2 aromatic carbocycles. The molecule has 7 nitrogen and oxygen atoms in total. The SMILES string of the molecule is CC(=O)Nc1cccc(C2CCN(CCCNC(=O)C3=C(C)NC(=O)CC3c3ccc(F)cc3F)CC2)c1. The van der Waals surface area contributed by atoms with Gasteiger partial charge in [-0.1, -0.05) is 18.2 Å². The number of allylic oxidation sites excluding steroid dienone is 1. The number of carbonyl (C=O) groups is 3. The third-order valence-corrected chi connectivity index (χ3v) is 7.25. The van der Waals surface area contributed by atoms with E-state index in [1.165, 1.54) is 18.6 Å². The van der Waals surface area contributed by atoms with Crippen molar-refractivity contribution < 1.29 is 23.2 Å². The number of amides is 3. The van der Waals surface area contributed by atoms with Crippen molar-refractivity contribution in [1.82, 2.24) is 15.5 Å². The summed E-state index contributed by atoms with van der Waals surface area (Å²) in [5, 5.41) is 8.43. The summed E-state index contributed by atoms with van der Waals surface area (Å²) in [5.74, 6) is -2.55. The fourth-order valence-electron chi connectivity index (χ4n) is 5.42. The molecule has 1 saturated heterocycles. The zero-order chi connectivity index (χ0) is 27.2. The fourth-order valence-corrected chi connectivity index (χ4v) is 5.42. The van der Waals surface area contributed by atoms with Crippen LogP contribution in [0, 0.1) is 11.6 Å². The van der Waals surface area contributed by atoms with Crippen molar-refractivity contribution in [1.29, 1.82) is 0 Å². The maximum absolute atomic E-state index is 14.5. The lowest BCUT2D eigenvalue weighted by molar-refractivity contribution is -0.122. The van der Waals surface area contributed by atoms with Crippen molar-refractivity contribution in [3.63, 3.8) is 0 Å². The maximum atomic E-state index is 14.5. The molecule has 4 rings (SSSR count). The Balaban J connectivity index is 1.27. The summed E-state index contributed by atoms with van der Waals surface area (Å²) in [4.78, 5) is 38.9. The molecule has 0 spiro atoms. The molecule has 3 amide bonds. The minimum Gasteiger partial charge on any atom is -0.352 e. The Bertz CT molecular complexity index is 1240. The van der Waals surface area contributed by atoms with Crippen LogP contribution in [0.4, 0.5) is 14.5 Å². The van der Waals surface area contributed by atoms with E-state index < -0.39 is 17.6 Å². The molecule has 0 bridgehead atoms. The van der Waals surface area contributed by atoms with Crippen LogP contribution in [0.1, 0.15) is 62.5 Å². The molecule has 2 aliphatic rings. The van der Waals surface area contributed by atoms with Crippen molar-refractivity contribution >= 4 is 23.4 Å². The van der Waals surface area contributed by atoms with E-state index in [0.29, 0.717) is 23.7 Å². The Morgan fingerprint density at radius 2 is 1.87 bits per heavy atom. The quantitative estimate of drug-likeness (QED) is 0.452. The first-order valence-electron chi connectivity index (χ1n) is 13.0. The number of hydrogen-bond acceptors (Lipinski definition) is 4. The number of piperidine rings is 1. The number of carbonyl (C=O) groups excluding carboxylic acids is 3. The van der Waals surface area contributed by atoms with Crippen LogP contribution in [0.5, 0.6) is 0 Å². The van der Waals surface area contributed by atoms with Gasteiger partial charge in [0.1, 0.15) is 11.6 Å². The van der Waals surface area contributed by atoms with E-state index in [1.54, 1.807) is 6.92 Å². The summed E-state index contributed by atoms with van der Waals surface area (Å²) in [5.41, 5.74) is 2.88. The molecule has 1 fully saturated rings. The highest BCUT2D eigenvalue weighted by molar-refractivity contribution is 5.99. The highest BCUT2D eigenvalue weighted by Gasteiger charge is 2.33. The summed E-state index contributed by atoms with van der Waals surface area (Å²) in [6.07, 6.45) is 2.72. The van der Waals surface area contributed by atoms with E-state index in [9.17, 15) is 23.2 Å². The summed E-state index contributed by atoms with van der Waals surface area (Å²) >= 11 is 0. The molecule has 1 unspecified atom stereocenters. The summed E-state index contributed by atoms with van der Waals surface area (Å²) in [7, 11) is 0. The van der Waals surface area contributed by atoms with Crippen LogP contribution in [0.25, 0.3) is 0 Å². The second-order valence-corrected chi connectivity index (χ2v) is 10.0. The number of nitrogens with zero attached hydrogens (tertiary/aromatic N) is 1. The molecule has 0 saturated carbocycles. The van der Waals surface area contributed by atoms with E-state index in [4.69, 9.17) is 0 Å². The van der Waals surface area contributed by atoms with Gasteiger partial charge in [0.05, 0.1) is 0 Å². The Kier molecular flexibility index (Phi) is 8.89. The van der Waals surface area contributed by atoms with Gasteiger partial charge in [0, 0.05) is 48.8 Å². The molecule has 2 heterocycles. The lowest BCUT2D eigenvalue weighted by Gasteiger charge is -2.32. The summed E-state index contributed by atoms with van der Waals surface area (Å²) in [6, 6.07) is 11.2. The van der Waals surface area contributed by atoms with E-state index in [1.807, 2.05) is 18.2 Å². The molecule has 202 valence electrons. The van der Waals surface area contributed by atoms with Crippen molar-refractivity contribution in [3.05, 3.63) is 76.5 Å². The van der Waals surface area contributed by atoms with Gasteiger partial charge >= 0.3 is 0 Å². The Labute approximate surface area is 221 Å². The Morgan fingerprint density at radius 1 is 1.11 bits per heavy atom. The molecule has 0 aliphatic carbocycles. The van der Waals surface area contributed by atoms with E-state index >= 15 is 0 Å². The van der Waals surface area contributed by atoms with Crippen LogP contribution in [0.3, 0.4) is 0 Å². The second kappa shape index (κ2) is 12.3. The highest BCUT2D eigenvalue weighted by Crippen LogP contribution is 2.34. The first-order valence-corrected chi connectivity index (χ1v) is 13.0. The average molecular weight is 525 g/mol. The fraction of sp³-hybridized carbons (Fsp3) is 0.414. The van der Waals surface area contributed by atoms with Crippen LogP contribution in [0.2, 0.25) is 0 Å². The molecule has 1 atom stereocenters. The van der Waals surface area contributed by atoms with Crippen molar-refractivity contribution in [3.8, 4) is 0 Å². The van der Waals surface area contributed by atoms with Gasteiger partial charge < -0.3 is 20.9 Å². The van der Waals surface area contributed by atoms with Crippen LogP contribution >= 0.6 is 0 Å². The van der Waals surface area contributed by atoms with Gasteiger partial charge in [0.2, 0.25) is 17.7 Å². The minimum absolute atomic E-state index is 0.0781. The molecular formula is C29H34F2N4O3. The van der Waals surface area contributed by atoms with Gasteiger partial charge in [-0.05, 0) is 81.1 Å². The van der Waals surface area contributed by atoms with E-state index in [2.05, 4.69) is 26.9 Å². The number of likely N-dealkylation sites (tertiary alicyclic amines) is 1. The molecule has 2 aromatic rings. The molecular weight excluding hydrogens is 490 g/mol. The first kappa shape index (κ1) is 27.4. The zero-order valence-corrected chi connectivity index (χ0v) is 21.8. The van der Waals surface area contributed by atoms with Crippen LogP contribution in [-0.2, 0) is 14.4 Å². The second-order valence-electron chi connectivity index (χ2n) is 10.0. The monoisotopic (exact) mass is 524 g/mol. The van der Waals surface area contributed by atoms with Crippen LogP contribution < -0.4 is 16.0 Å². The van der Waals surface area contributed by atoms with Crippen molar-refractivity contribution in [2.75, 3.05) is 31.5 Å². The minimum atomic E-state index is -0.771. The average Bonchev–Trinajstić information content (AvgIpc) is 2.86. The number of rotatable bonds is 8. The summed E-state index contributed by atoms with van der Waals surface area (Å²) < 4.78 is 27.9. The number of benzene rings is 2. The first-order chi connectivity index (χ1) is 18.2. The largest absolute Gasteiger partial charge is 0.352 e. The molecule has 2 aliphatic heterocycles. The van der Waals surface area contributed by atoms with Gasteiger partial charge in [-0.25, -0.2) is 8.78 Å². The molecule has 9 heteroatoms. The van der Waals surface area contributed by atoms with Crippen molar-refractivity contribution in [2.45, 2.75) is 51.4 Å². The van der Waals surface area contributed by atoms with Gasteiger partial charge in [-0.3, -0.25) is 14.4 Å². The van der Waals surface area contributed by atoms with E-state index in [-0.39, 0.29) is 29.7 Å². The third-order valence-electron chi connectivity index (χ3n) is 7.25. The van der Waals surface area contributed by atoms with Gasteiger partial charge in [-0.15, -0.1) is 0 Å². The standard InChI is InChI=1S/C29H34F2N4O3/c1-18-28(25(17-27(37)33-18)24-8-7-22(30)16-26(24)31)29(38)32-11-4-12-35-13-9-20(10-14-35)21-5-3-6-23(15-21)34-19(2)36/h3,5-8,15-16,20,25H,4,9-14,17H2,1-2H3,(H,32,38)(H,33,37)(H,34,36). The smallest absolute Gasteiger partial charge is 0.249 e. The predicted molar refractivity (Wildman–Crippen MR) is 141 cm³/mol. The third kappa shape index (κ3) is 6.83. The van der Waals surface area contributed by atoms with Gasteiger partial charge in [0.25, 0.3) is 0 Å². The van der Waals surface area contributed by atoms with Crippen LogP contribution in [0.15, 0.2) is 53.7 Å². The van der Waals surface area contributed by atoms with Crippen LogP contribution in [-0.4, -0.2) is 48.8 Å². The van der Waals surface area contributed by atoms with Gasteiger partial charge in [0.15, 0.2) is 0 Å². The highest BCUT2D eigenvalue weighted by atomic mass is 19.1. The molecule has 3 N–H and O–H groups in total. The van der Waals surface area contributed by atoms with Crippen molar-refractivity contribution in [2.24, 2.45) is 0 Å². The number of anilines is 1. The number of hydrogen-bond donors (Lipinski definition) is 3. The Morgan fingerprint density at radius 3 is 2.58 bits per heavy atom. The normalized spacial score (nSPS) is 18.7.